The fourth-order valence-electron chi connectivity index (χ4n) is 1.93. The molecule has 2 unspecified atom stereocenters. The number of benzene rings is 1. The molecule has 1 aromatic rings. The third-order valence-corrected chi connectivity index (χ3v) is 5.19. The highest BCUT2D eigenvalue weighted by atomic mass is 32.2. The smallest absolute Gasteiger partial charge is 0.416 e. The van der Waals surface area contributed by atoms with Crippen LogP contribution in [0.4, 0.5) is 13.2 Å². The summed E-state index contributed by atoms with van der Waals surface area (Å²) >= 11 is 0. The van der Waals surface area contributed by atoms with Crippen molar-refractivity contribution >= 4 is 11.0 Å². The van der Waals surface area contributed by atoms with E-state index in [9.17, 15) is 17.4 Å². The summed E-state index contributed by atoms with van der Waals surface area (Å²) in [4.78, 5) is 0. The molecule has 0 heterocycles. The maximum Gasteiger partial charge on any atom is 0.416 e. The predicted molar refractivity (Wildman–Crippen MR) is 82.1 cm³/mol. The molecule has 0 aliphatic carbocycles. The summed E-state index contributed by atoms with van der Waals surface area (Å²) in [5, 5.41) is 0. The first-order chi connectivity index (χ1) is 9.87. The van der Waals surface area contributed by atoms with E-state index in [1.165, 1.54) is 13.2 Å². The first-order valence-corrected chi connectivity index (χ1v) is 7.89. The number of alkyl halides is 3. The van der Waals surface area contributed by atoms with Crippen molar-refractivity contribution in [3.8, 4) is 5.75 Å². The monoisotopic (exact) mass is 337 g/mol. The van der Waals surface area contributed by atoms with E-state index in [0.29, 0.717) is 5.56 Å². The molecule has 0 radical (unpaired) electrons. The van der Waals surface area contributed by atoms with Crippen molar-refractivity contribution in [1.29, 1.82) is 0 Å². The number of hydrogen-bond acceptors (Lipinski definition) is 2. The Hall–Kier alpha value is -1.08. The van der Waals surface area contributed by atoms with Crippen LogP contribution in [0.5, 0.6) is 5.75 Å². The third-order valence-electron chi connectivity index (χ3n) is 3.31. The van der Waals surface area contributed by atoms with E-state index < -0.39 is 33.5 Å². The minimum atomic E-state index is -4.45. The third kappa shape index (κ3) is 4.46. The maximum absolute atomic E-state index is 13.0. The van der Waals surface area contributed by atoms with Gasteiger partial charge in [0.15, 0.2) is 0 Å². The van der Waals surface area contributed by atoms with Crippen LogP contribution in [0.3, 0.4) is 0 Å². The highest BCUT2D eigenvalue weighted by Gasteiger charge is 2.33. The molecule has 2 atom stereocenters. The molecule has 0 aliphatic heterocycles. The van der Waals surface area contributed by atoms with E-state index in [1.807, 2.05) is 20.8 Å². The molecule has 0 N–H and O–H groups in total. The summed E-state index contributed by atoms with van der Waals surface area (Å²) in [5.74, 6) is 0.131. The Labute approximate surface area is 132 Å². The lowest BCUT2D eigenvalue weighted by molar-refractivity contribution is -0.137. The largest absolute Gasteiger partial charge is 0.497 e. The highest BCUT2D eigenvalue weighted by molar-refractivity contribution is 7.84. The SMILES string of the molecule is COc1cc(C(C)N(C)S(=O)C(C)(C)C)cc(C(F)(F)F)c1. The van der Waals surface area contributed by atoms with Gasteiger partial charge in [0.25, 0.3) is 0 Å². The second-order valence-corrected chi connectivity index (χ2v) is 8.38. The number of hydrogen-bond donors (Lipinski definition) is 0. The van der Waals surface area contributed by atoms with Gasteiger partial charge in [0.05, 0.1) is 28.4 Å². The summed E-state index contributed by atoms with van der Waals surface area (Å²) in [7, 11) is 1.62. The Bertz CT molecular complexity index is 553. The minimum Gasteiger partial charge on any atom is -0.497 e. The number of nitrogens with zero attached hydrogens (tertiary/aromatic N) is 1. The summed E-state index contributed by atoms with van der Waals surface area (Å²) < 4.78 is 57.3. The predicted octanol–water partition coefficient (Wildman–Crippen LogP) is 4.17. The van der Waals surface area contributed by atoms with Gasteiger partial charge in [0.1, 0.15) is 5.75 Å². The van der Waals surface area contributed by atoms with Gasteiger partial charge in [0, 0.05) is 13.1 Å². The van der Waals surface area contributed by atoms with E-state index in [2.05, 4.69) is 0 Å². The van der Waals surface area contributed by atoms with E-state index in [1.54, 1.807) is 18.3 Å². The number of rotatable bonds is 4. The molecule has 1 aromatic carbocycles. The van der Waals surface area contributed by atoms with E-state index in [4.69, 9.17) is 4.74 Å². The van der Waals surface area contributed by atoms with Crippen LogP contribution in [-0.4, -0.2) is 27.4 Å². The molecule has 0 saturated heterocycles. The van der Waals surface area contributed by atoms with Crippen molar-refractivity contribution in [3.05, 3.63) is 29.3 Å². The Balaban J connectivity index is 3.23. The van der Waals surface area contributed by atoms with Crippen LogP contribution in [0, 0.1) is 0 Å². The molecule has 0 amide bonds. The van der Waals surface area contributed by atoms with Gasteiger partial charge in [-0.05, 0) is 51.5 Å². The van der Waals surface area contributed by atoms with Crippen molar-refractivity contribution in [2.24, 2.45) is 0 Å². The molecule has 0 aromatic heterocycles. The zero-order chi connectivity index (χ0) is 17.3. The van der Waals surface area contributed by atoms with Gasteiger partial charge in [-0.3, -0.25) is 0 Å². The molecule has 7 heteroatoms. The Morgan fingerprint density at radius 1 is 1.18 bits per heavy atom. The molecule has 3 nitrogen and oxygen atoms in total. The van der Waals surface area contributed by atoms with Gasteiger partial charge >= 0.3 is 6.18 Å². The van der Waals surface area contributed by atoms with Crippen LogP contribution < -0.4 is 4.74 Å². The van der Waals surface area contributed by atoms with Gasteiger partial charge < -0.3 is 4.74 Å². The van der Waals surface area contributed by atoms with Gasteiger partial charge in [-0.2, -0.15) is 13.2 Å². The van der Waals surface area contributed by atoms with Crippen molar-refractivity contribution in [1.82, 2.24) is 4.31 Å². The molecule has 126 valence electrons. The molecular weight excluding hydrogens is 315 g/mol. The average molecular weight is 337 g/mol. The number of methoxy groups -OCH3 is 1. The molecule has 22 heavy (non-hydrogen) atoms. The zero-order valence-corrected chi connectivity index (χ0v) is 14.4. The number of ether oxygens (including phenoxy) is 1. The fraction of sp³-hybridized carbons (Fsp3) is 0.600. The van der Waals surface area contributed by atoms with Crippen LogP contribution in [0.15, 0.2) is 18.2 Å². The van der Waals surface area contributed by atoms with Crippen LogP contribution in [0.1, 0.15) is 44.9 Å². The van der Waals surface area contributed by atoms with E-state index >= 15 is 0 Å². The fourth-order valence-corrected chi connectivity index (χ4v) is 3.20. The van der Waals surface area contributed by atoms with Crippen LogP contribution >= 0.6 is 0 Å². The topological polar surface area (TPSA) is 29.5 Å². The normalized spacial score (nSPS) is 15.7. The summed E-state index contributed by atoms with van der Waals surface area (Å²) in [6.45, 7) is 7.18. The Morgan fingerprint density at radius 3 is 2.14 bits per heavy atom. The quantitative estimate of drug-likeness (QED) is 0.825. The lowest BCUT2D eigenvalue weighted by Gasteiger charge is -2.30. The van der Waals surface area contributed by atoms with Crippen molar-refractivity contribution in [3.63, 3.8) is 0 Å². The van der Waals surface area contributed by atoms with Gasteiger partial charge in [-0.1, -0.05) is 0 Å². The van der Waals surface area contributed by atoms with Gasteiger partial charge in [-0.25, -0.2) is 8.51 Å². The van der Waals surface area contributed by atoms with Crippen LogP contribution in [0.25, 0.3) is 0 Å². The zero-order valence-electron chi connectivity index (χ0n) is 13.6. The molecule has 0 aliphatic rings. The maximum atomic E-state index is 13.0. The highest BCUT2D eigenvalue weighted by Crippen LogP contribution is 2.35. The second-order valence-electron chi connectivity index (χ2n) is 6.08. The van der Waals surface area contributed by atoms with Gasteiger partial charge in [-0.15, -0.1) is 0 Å². The standard InChI is InChI=1S/C15H22F3NO2S/c1-10(19(5)22(20)14(2,3)4)11-7-12(15(16,17)18)9-13(8-11)21-6/h7-10H,1-6H3. The summed E-state index contributed by atoms with van der Waals surface area (Å²) in [6.07, 6.45) is -4.45. The van der Waals surface area contributed by atoms with Crippen molar-refractivity contribution < 1.29 is 22.1 Å². The lowest BCUT2D eigenvalue weighted by Crippen LogP contribution is -2.36. The molecule has 0 fully saturated rings. The molecule has 0 spiro atoms. The first kappa shape index (κ1) is 19.0. The second kappa shape index (κ2) is 6.58. The minimum absolute atomic E-state index is 0.131. The number of halogens is 3. The van der Waals surface area contributed by atoms with Crippen molar-refractivity contribution in [2.45, 2.75) is 44.7 Å². The van der Waals surface area contributed by atoms with Crippen LogP contribution in [0.2, 0.25) is 0 Å². The summed E-state index contributed by atoms with van der Waals surface area (Å²) in [6, 6.07) is 3.12. The summed E-state index contributed by atoms with van der Waals surface area (Å²) in [5.41, 5.74) is -0.365. The molecule has 1 rings (SSSR count). The molecular formula is C15H22F3NO2S. The van der Waals surface area contributed by atoms with E-state index in [-0.39, 0.29) is 5.75 Å². The first-order valence-electron chi connectivity index (χ1n) is 6.79. The lowest BCUT2D eigenvalue weighted by atomic mass is 10.0. The Morgan fingerprint density at radius 2 is 1.73 bits per heavy atom. The van der Waals surface area contributed by atoms with Crippen molar-refractivity contribution in [2.75, 3.05) is 14.2 Å². The van der Waals surface area contributed by atoms with Crippen LogP contribution in [-0.2, 0) is 17.2 Å². The molecule has 0 saturated carbocycles. The Kier molecular flexibility index (Phi) is 5.67. The van der Waals surface area contributed by atoms with Gasteiger partial charge in [0.2, 0.25) is 0 Å². The molecule has 0 bridgehead atoms. The average Bonchev–Trinajstić information content (AvgIpc) is 2.42. The van der Waals surface area contributed by atoms with E-state index in [0.717, 1.165) is 12.1 Å².